The van der Waals surface area contributed by atoms with E-state index in [0.717, 1.165) is 5.69 Å². The maximum atomic E-state index is 9.77. The van der Waals surface area contributed by atoms with Crippen molar-refractivity contribution in [2.45, 2.75) is 6.10 Å². The van der Waals surface area contributed by atoms with Crippen molar-refractivity contribution in [1.82, 2.24) is 15.3 Å². The Labute approximate surface area is 141 Å². The standard InChI is InChI=1S/C16H23N5O3/c1-17-9-12(22)10-24-14-8-11(4-5-13(14)23-3)20-16-19-7-6-15(18-2)21-16/h4-8,12,17,22H,9-10H2,1-3H3,(H2,18,19,20,21)/t12-/m1/s1. The molecule has 2 rings (SSSR count). The Balaban J connectivity index is 2.11. The summed E-state index contributed by atoms with van der Waals surface area (Å²) in [6.07, 6.45) is 1.06. The van der Waals surface area contributed by atoms with E-state index in [4.69, 9.17) is 9.47 Å². The Morgan fingerprint density at radius 3 is 2.75 bits per heavy atom. The van der Waals surface area contributed by atoms with Crippen LogP contribution in [-0.2, 0) is 0 Å². The first kappa shape index (κ1) is 17.8. The predicted octanol–water partition coefficient (Wildman–Crippen LogP) is 1.23. The zero-order valence-corrected chi connectivity index (χ0v) is 14.0. The van der Waals surface area contributed by atoms with E-state index in [-0.39, 0.29) is 6.61 Å². The number of anilines is 3. The molecule has 8 heteroatoms. The Bertz CT molecular complexity index is 653. The monoisotopic (exact) mass is 333 g/mol. The third-order valence-corrected chi connectivity index (χ3v) is 3.20. The highest BCUT2D eigenvalue weighted by Gasteiger charge is 2.10. The van der Waals surface area contributed by atoms with Gasteiger partial charge in [0.1, 0.15) is 18.5 Å². The fourth-order valence-corrected chi connectivity index (χ4v) is 2.04. The van der Waals surface area contributed by atoms with Gasteiger partial charge in [0.05, 0.1) is 7.11 Å². The zero-order valence-electron chi connectivity index (χ0n) is 14.0. The van der Waals surface area contributed by atoms with Crippen LogP contribution in [0.5, 0.6) is 11.5 Å². The first-order chi connectivity index (χ1) is 11.7. The van der Waals surface area contributed by atoms with Gasteiger partial charge in [0, 0.05) is 31.5 Å². The Morgan fingerprint density at radius 1 is 1.21 bits per heavy atom. The van der Waals surface area contributed by atoms with Crippen molar-refractivity contribution in [3.05, 3.63) is 30.5 Å². The van der Waals surface area contributed by atoms with Gasteiger partial charge in [0.15, 0.2) is 11.5 Å². The van der Waals surface area contributed by atoms with Crippen LogP contribution in [0.2, 0.25) is 0 Å². The van der Waals surface area contributed by atoms with E-state index < -0.39 is 6.10 Å². The maximum Gasteiger partial charge on any atom is 0.229 e. The van der Waals surface area contributed by atoms with Crippen LogP contribution in [0.25, 0.3) is 0 Å². The summed E-state index contributed by atoms with van der Waals surface area (Å²) in [6, 6.07) is 7.17. The highest BCUT2D eigenvalue weighted by atomic mass is 16.5. The molecule has 2 aromatic rings. The third-order valence-electron chi connectivity index (χ3n) is 3.20. The van der Waals surface area contributed by atoms with Crippen molar-refractivity contribution in [2.24, 2.45) is 0 Å². The Kier molecular flexibility index (Phi) is 6.59. The van der Waals surface area contributed by atoms with Crippen LogP contribution in [-0.4, -0.2) is 55.5 Å². The van der Waals surface area contributed by atoms with Gasteiger partial charge in [-0.2, -0.15) is 4.98 Å². The Hall–Kier alpha value is -2.58. The largest absolute Gasteiger partial charge is 0.493 e. The number of methoxy groups -OCH3 is 1. The van der Waals surface area contributed by atoms with Gasteiger partial charge in [-0.1, -0.05) is 0 Å². The van der Waals surface area contributed by atoms with Crippen molar-refractivity contribution in [3.8, 4) is 11.5 Å². The number of nitrogens with one attached hydrogen (secondary N) is 3. The van der Waals surface area contributed by atoms with Gasteiger partial charge in [-0.15, -0.1) is 0 Å². The van der Waals surface area contributed by atoms with E-state index in [0.29, 0.717) is 29.8 Å². The van der Waals surface area contributed by atoms with Gasteiger partial charge in [0.25, 0.3) is 0 Å². The van der Waals surface area contributed by atoms with Gasteiger partial charge < -0.3 is 30.5 Å². The molecule has 4 N–H and O–H groups in total. The molecule has 0 bridgehead atoms. The van der Waals surface area contributed by atoms with E-state index >= 15 is 0 Å². The second kappa shape index (κ2) is 8.90. The number of benzene rings is 1. The second-order valence-corrected chi connectivity index (χ2v) is 5.03. The summed E-state index contributed by atoms with van der Waals surface area (Å²) in [5.41, 5.74) is 0.752. The molecule has 0 aliphatic heterocycles. The van der Waals surface area contributed by atoms with E-state index in [2.05, 4.69) is 25.9 Å². The minimum Gasteiger partial charge on any atom is -0.493 e. The molecule has 0 fully saturated rings. The van der Waals surface area contributed by atoms with Gasteiger partial charge in [-0.3, -0.25) is 0 Å². The van der Waals surface area contributed by atoms with Gasteiger partial charge in [-0.05, 0) is 25.2 Å². The van der Waals surface area contributed by atoms with Crippen LogP contribution < -0.4 is 25.4 Å². The molecule has 1 heterocycles. The highest BCUT2D eigenvalue weighted by molar-refractivity contribution is 5.60. The SMILES string of the molecule is CNC[C@@H](O)COc1cc(Nc2nccc(NC)n2)ccc1OC. The Morgan fingerprint density at radius 2 is 2.04 bits per heavy atom. The molecule has 130 valence electrons. The molecule has 1 atom stereocenters. The number of rotatable bonds is 9. The molecule has 0 unspecified atom stereocenters. The molecule has 0 aliphatic rings. The van der Waals surface area contributed by atoms with Crippen molar-refractivity contribution in [3.63, 3.8) is 0 Å². The van der Waals surface area contributed by atoms with Crippen molar-refractivity contribution in [1.29, 1.82) is 0 Å². The predicted molar refractivity (Wildman–Crippen MR) is 93.3 cm³/mol. The van der Waals surface area contributed by atoms with Gasteiger partial charge in [-0.25, -0.2) is 4.98 Å². The van der Waals surface area contributed by atoms with E-state index in [1.165, 1.54) is 0 Å². The van der Waals surface area contributed by atoms with Crippen molar-refractivity contribution < 1.29 is 14.6 Å². The summed E-state index contributed by atoms with van der Waals surface area (Å²) in [5.74, 6) is 2.30. The number of hydrogen-bond acceptors (Lipinski definition) is 8. The molecule has 8 nitrogen and oxygen atoms in total. The number of aliphatic hydroxyl groups excluding tert-OH is 1. The third kappa shape index (κ3) is 4.97. The lowest BCUT2D eigenvalue weighted by Crippen LogP contribution is -2.29. The van der Waals surface area contributed by atoms with E-state index in [9.17, 15) is 5.11 Å². The molecular weight excluding hydrogens is 310 g/mol. The highest BCUT2D eigenvalue weighted by Crippen LogP contribution is 2.31. The number of hydrogen-bond donors (Lipinski definition) is 4. The lowest BCUT2D eigenvalue weighted by atomic mass is 10.2. The number of aromatic nitrogens is 2. The summed E-state index contributed by atoms with van der Waals surface area (Å²) >= 11 is 0. The second-order valence-electron chi connectivity index (χ2n) is 5.03. The molecule has 0 saturated carbocycles. The normalized spacial score (nSPS) is 11.7. The molecule has 1 aromatic heterocycles. The number of aliphatic hydroxyl groups is 1. The van der Waals surface area contributed by atoms with Crippen LogP contribution >= 0.6 is 0 Å². The summed E-state index contributed by atoms with van der Waals surface area (Å²) in [4.78, 5) is 8.47. The molecule has 0 radical (unpaired) electrons. The lowest BCUT2D eigenvalue weighted by Gasteiger charge is -2.15. The zero-order chi connectivity index (χ0) is 17.4. The summed E-state index contributed by atoms with van der Waals surface area (Å²) in [6.45, 7) is 0.608. The average Bonchev–Trinajstić information content (AvgIpc) is 2.60. The molecule has 0 spiro atoms. The fraction of sp³-hybridized carbons (Fsp3) is 0.375. The lowest BCUT2D eigenvalue weighted by molar-refractivity contribution is 0.106. The molecule has 24 heavy (non-hydrogen) atoms. The average molecular weight is 333 g/mol. The summed E-state index contributed by atoms with van der Waals surface area (Å²) < 4.78 is 10.9. The van der Waals surface area contributed by atoms with Crippen molar-refractivity contribution in [2.75, 3.05) is 45.0 Å². The van der Waals surface area contributed by atoms with Gasteiger partial charge in [0.2, 0.25) is 5.95 Å². The van der Waals surface area contributed by atoms with Crippen LogP contribution in [0, 0.1) is 0 Å². The molecule has 1 aromatic carbocycles. The molecular formula is C16H23N5O3. The minimum atomic E-state index is -0.605. The number of ether oxygens (including phenoxy) is 2. The first-order valence-electron chi connectivity index (χ1n) is 7.57. The minimum absolute atomic E-state index is 0.159. The first-order valence-corrected chi connectivity index (χ1v) is 7.57. The van der Waals surface area contributed by atoms with Crippen LogP contribution in [0.3, 0.4) is 0 Å². The maximum absolute atomic E-state index is 9.77. The molecule has 0 amide bonds. The van der Waals surface area contributed by atoms with Crippen LogP contribution in [0.4, 0.5) is 17.5 Å². The molecule has 0 aliphatic carbocycles. The topological polar surface area (TPSA) is 101 Å². The smallest absolute Gasteiger partial charge is 0.229 e. The fourth-order valence-electron chi connectivity index (χ4n) is 2.04. The summed E-state index contributed by atoms with van der Waals surface area (Å²) in [7, 11) is 5.13. The van der Waals surface area contributed by atoms with E-state index in [1.807, 2.05) is 6.07 Å². The van der Waals surface area contributed by atoms with Crippen LogP contribution in [0.15, 0.2) is 30.5 Å². The molecule has 0 saturated heterocycles. The van der Waals surface area contributed by atoms with Gasteiger partial charge >= 0.3 is 0 Å². The van der Waals surface area contributed by atoms with Crippen LogP contribution in [0.1, 0.15) is 0 Å². The quantitative estimate of drug-likeness (QED) is 0.544. The van der Waals surface area contributed by atoms with E-state index in [1.54, 1.807) is 45.6 Å². The van der Waals surface area contributed by atoms with Crippen molar-refractivity contribution >= 4 is 17.5 Å². The summed E-state index contributed by atoms with van der Waals surface area (Å²) in [5, 5.41) is 18.7. The number of nitrogens with zero attached hydrogens (tertiary/aromatic N) is 2. The number of likely N-dealkylation sites (N-methyl/N-ethyl adjacent to an activating group) is 1.